The molecule has 34 heavy (non-hydrogen) atoms. The number of alkyl halides is 3. The number of carbonyl (C=O) groups is 1. The summed E-state index contributed by atoms with van der Waals surface area (Å²) < 4.78 is 40.2. The monoisotopic (exact) mass is 475 g/mol. The number of hydrogen-bond acceptors (Lipinski definition) is 4. The Hall–Kier alpha value is -2.59. The highest BCUT2D eigenvalue weighted by Crippen LogP contribution is 2.57. The minimum Gasteiger partial charge on any atom is -0.323 e. The van der Waals surface area contributed by atoms with E-state index in [1.807, 2.05) is 9.80 Å². The van der Waals surface area contributed by atoms with Crippen LogP contribution in [0.1, 0.15) is 67.7 Å². The van der Waals surface area contributed by atoms with Crippen molar-refractivity contribution in [1.29, 1.82) is 0 Å². The Balaban J connectivity index is 0.856. The molecule has 2 aromatic rings. The van der Waals surface area contributed by atoms with Crippen LogP contribution in [0.2, 0.25) is 0 Å². The summed E-state index contributed by atoms with van der Waals surface area (Å²) in [7, 11) is 0. The second-order valence-electron chi connectivity index (χ2n) is 11.6. The summed E-state index contributed by atoms with van der Waals surface area (Å²) in [6.07, 6.45) is 3.09. The third-order valence-corrected chi connectivity index (χ3v) is 8.74. The lowest BCUT2D eigenvalue weighted by molar-refractivity contribution is -0.146. The number of aromatic nitrogens is 5. The summed E-state index contributed by atoms with van der Waals surface area (Å²) in [6.45, 7) is 3.37. The van der Waals surface area contributed by atoms with E-state index < -0.39 is 11.9 Å². The average Bonchev–Trinajstić information content (AvgIpc) is 3.19. The van der Waals surface area contributed by atoms with E-state index in [0.717, 1.165) is 74.3 Å². The molecule has 182 valence electrons. The fourth-order valence-corrected chi connectivity index (χ4v) is 6.94. The van der Waals surface area contributed by atoms with Gasteiger partial charge < -0.3 is 9.80 Å². The number of H-pyrrole nitrogens is 1. The summed E-state index contributed by atoms with van der Waals surface area (Å²) in [5, 5.41) is 11.3. The lowest BCUT2D eigenvalue weighted by Gasteiger charge is -2.63. The summed E-state index contributed by atoms with van der Waals surface area (Å²) in [5.74, 6) is 3.17. The summed E-state index contributed by atoms with van der Waals surface area (Å²) in [4.78, 5) is 21.4. The molecule has 4 heterocycles. The van der Waals surface area contributed by atoms with Gasteiger partial charge in [-0.05, 0) is 50.5 Å². The van der Waals surface area contributed by atoms with E-state index in [2.05, 4.69) is 20.3 Å². The van der Waals surface area contributed by atoms with Gasteiger partial charge in [-0.3, -0.25) is 9.78 Å². The minimum absolute atomic E-state index is 0.0988. The zero-order valence-electron chi connectivity index (χ0n) is 18.9. The maximum Gasteiger partial charge on any atom is 0.433 e. The molecule has 2 spiro atoms. The molecule has 11 heteroatoms. The number of amides is 2. The van der Waals surface area contributed by atoms with Gasteiger partial charge in [0.1, 0.15) is 11.5 Å². The molecule has 2 aromatic heterocycles. The fourth-order valence-electron chi connectivity index (χ4n) is 6.94. The Bertz CT molecular complexity index is 1110. The van der Waals surface area contributed by atoms with Gasteiger partial charge in [-0.2, -0.15) is 23.4 Å². The molecule has 0 bridgehead atoms. The van der Waals surface area contributed by atoms with Crippen molar-refractivity contribution in [3.05, 3.63) is 29.6 Å². The van der Waals surface area contributed by atoms with E-state index in [-0.39, 0.29) is 22.8 Å². The van der Waals surface area contributed by atoms with Gasteiger partial charge >= 0.3 is 12.2 Å². The molecule has 5 aliphatic rings. The Labute approximate surface area is 194 Å². The quantitative estimate of drug-likeness (QED) is 0.733. The van der Waals surface area contributed by atoms with Crippen LogP contribution >= 0.6 is 0 Å². The van der Waals surface area contributed by atoms with E-state index in [9.17, 15) is 18.0 Å². The van der Waals surface area contributed by atoms with Gasteiger partial charge in [0, 0.05) is 61.6 Å². The number of aromatic amines is 1. The van der Waals surface area contributed by atoms with Gasteiger partial charge in [-0.15, -0.1) is 0 Å². The molecular weight excluding hydrogens is 447 g/mol. The van der Waals surface area contributed by atoms with Crippen molar-refractivity contribution in [3.8, 4) is 0 Å². The molecule has 1 N–H and O–H groups in total. The van der Waals surface area contributed by atoms with Crippen molar-refractivity contribution in [3.63, 3.8) is 0 Å². The standard InChI is InChI=1S/C23H28F3N7O/c24-23(25,26)17-3-4-27-33(17)9-14-5-21(6-14)10-31(11-21)20(34)32-12-22(13-32)7-16(8-22)19-28-18(29-30-19)15-1-2-15/h3-4,14-16H,1-2,5-13H2,(H,28,29,30). The van der Waals surface area contributed by atoms with Gasteiger partial charge in [0.2, 0.25) is 0 Å². The van der Waals surface area contributed by atoms with E-state index in [1.54, 1.807) is 0 Å². The van der Waals surface area contributed by atoms with E-state index in [0.29, 0.717) is 18.4 Å². The van der Waals surface area contributed by atoms with E-state index in [4.69, 9.17) is 0 Å². The van der Waals surface area contributed by atoms with Crippen LogP contribution in [0.3, 0.4) is 0 Å². The number of urea groups is 1. The number of hydrogen-bond donors (Lipinski definition) is 1. The van der Waals surface area contributed by atoms with Crippen molar-refractivity contribution < 1.29 is 18.0 Å². The van der Waals surface area contributed by atoms with E-state index >= 15 is 0 Å². The van der Waals surface area contributed by atoms with Gasteiger partial charge in [-0.1, -0.05) is 0 Å². The maximum absolute atomic E-state index is 13.0. The number of likely N-dealkylation sites (tertiary alicyclic amines) is 2. The molecule has 0 aromatic carbocycles. The molecule has 0 unspecified atom stereocenters. The van der Waals surface area contributed by atoms with Crippen LogP contribution in [0.15, 0.2) is 12.3 Å². The Kier molecular flexibility index (Phi) is 4.12. The molecule has 5 fully saturated rings. The predicted molar refractivity (Wildman–Crippen MR) is 114 cm³/mol. The van der Waals surface area contributed by atoms with E-state index in [1.165, 1.54) is 19.0 Å². The lowest BCUT2D eigenvalue weighted by Crippen LogP contribution is -2.71. The van der Waals surface area contributed by atoms with Crippen LogP contribution in [0.25, 0.3) is 0 Å². The average molecular weight is 476 g/mol. The van der Waals surface area contributed by atoms with Crippen molar-refractivity contribution in [2.75, 3.05) is 26.2 Å². The highest BCUT2D eigenvalue weighted by atomic mass is 19.4. The van der Waals surface area contributed by atoms with Crippen LogP contribution in [-0.4, -0.2) is 67.0 Å². The summed E-state index contributed by atoms with van der Waals surface area (Å²) in [5.41, 5.74) is -0.339. The van der Waals surface area contributed by atoms with Crippen molar-refractivity contribution in [2.45, 2.75) is 63.1 Å². The minimum atomic E-state index is -4.37. The SMILES string of the molecule is O=C(N1CC2(CC(Cn3nccc3C(F)(F)F)C2)C1)N1CC2(CC(c3nc(C4CC4)n[nH]3)C2)C1. The van der Waals surface area contributed by atoms with Crippen molar-refractivity contribution >= 4 is 6.03 Å². The molecule has 8 nitrogen and oxygen atoms in total. The predicted octanol–water partition coefficient (Wildman–Crippen LogP) is 3.61. The van der Waals surface area contributed by atoms with Crippen molar-refractivity contribution in [2.24, 2.45) is 16.7 Å². The molecular formula is C23H28F3N7O. The molecule has 3 aliphatic carbocycles. The first-order chi connectivity index (χ1) is 16.2. The number of halogens is 3. The number of carbonyl (C=O) groups excluding carboxylic acids is 1. The molecule has 7 rings (SSSR count). The first kappa shape index (κ1) is 20.8. The Morgan fingerprint density at radius 1 is 1.03 bits per heavy atom. The molecule has 3 saturated carbocycles. The van der Waals surface area contributed by atoms with Crippen LogP contribution in [0, 0.1) is 16.7 Å². The number of nitrogens with one attached hydrogen (secondary N) is 1. The summed E-state index contributed by atoms with van der Waals surface area (Å²) in [6, 6.07) is 1.14. The summed E-state index contributed by atoms with van der Waals surface area (Å²) >= 11 is 0. The normalized spacial score (nSPS) is 25.7. The topological polar surface area (TPSA) is 82.9 Å². The maximum atomic E-state index is 13.0. The number of nitrogens with zero attached hydrogens (tertiary/aromatic N) is 6. The highest BCUT2D eigenvalue weighted by Gasteiger charge is 2.59. The Morgan fingerprint density at radius 3 is 2.29 bits per heavy atom. The molecule has 2 aliphatic heterocycles. The molecule has 0 radical (unpaired) electrons. The first-order valence-electron chi connectivity index (χ1n) is 12.3. The molecule has 2 amide bonds. The van der Waals surface area contributed by atoms with Crippen LogP contribution in [0.5, 0.6) is 0 Å². The third kappa shape index (κ3) is 3.25. The van der Waals surface area contributed by atoms with Crippen molar-refractivity contribution in [1.82, 2.24) is 34.8 Å². The molecule has 0 atom stereocenters. The zero-order valence-corrected chi connectivity index (χ0v) is 18.9. The van der Waals surface area contributed by atoms with Crippen LogP contribution < -0.4 is 0 Å². The third-order valence-electron chi connectivity index (χ3n) is 8.74. The second kappa shape index (κ2) is 6.75. The lowest BCUT2D eigenvalue weighted by atomic mass is 9.57. The van der Waals surface area contributed by atoms with Crippen LogP contribution in [-0.2, 0) is 12.7 Å². The van der Waals surface area contributed by atoms with Gasteiger partial charge in [0.15, 0.2) is 5.82 Å². The van der Waals surface area contributed by atoms with Crippen LogP contribution in [0.4, 0.5) is 18.0 Å². The highest BCUT2D eigenvalue weighted by molar-refractivity contribution is 5.77. The zero-order chi connectivity index (χ0) is 23.3. The second-order valence-corrected chi connectivity index (χ2v) is 11.6. The van der Waals surface area contributed by atoms with Gasteiger partial charge in [0.25, 0.3) is 0 Å². The largest absolute Gasteiger partial charge is 0.433 e. The number of rotatable bonds is 4. The molecule has 2 saturated heterocycles. The smallest absolute Gasteiger partial charge is 0.323 e. The van der Waals surface area contributed by atoms with Gasteiger partial charge in [-0.25, -0.2) is 9.78 Å². The fraction of sp³-hybridized carbons (Fsp3) is 0.739. The first-order valence-corrected chi connectivity index (χ1v) is 12.3. The van der Waals surface area contributed by atoms with Gasteiger partial charge in [0.05, 0.1) is 0 Å². The Morgan fingerprint density at radius 2 is 1.68 bits per heavy atom.